The van der Waals surface area contributed by atoms with Gasteiger partial charge in [-0.15, -0.1) is 0 Å². The van der Waals surface area contributed by atoms with Crippen molar-refractivity contribution in [2.75, 3.05) is 5.75 Å². The van der Waals surface area contributed by atoms with Crippen LogP contribution in [0, 0.1) is 0 Å². The second-order valence-electron chi connectivity index (χ2n) is 4.26. The minimum atomic E-state index is -0.729. The number of aliphatic carboxylic acids is 1. The summed E-state index contributed by atoms with van der Waals surface area (Å²) in [6.07, 6.45) is 2.88. The minimum absolute atomic E-state index is 0. The quantitative estimate of drug-likeness (QED) is 0.389. The van der Waals surface area contributed by atoms with E-state index in [0.29, 0.717) is 5.25 Å². The molecule has 0 aromatic carbocycles. The van der Waals surface area contributed by atoms with Gasteiger partial charge in [-0.2, -0.15) is 11.8 Å². The summed E-state index contributed by atoms with van der Waals surface area (Å²) in [4.78, 5) is 21.5. The molecular weight excluding hydrogens is 336 g/mol. The molecule has 2 heterocycles. The van der Waals surface area contributed by atoms with Crippen LogP contribution in [0.3, 0.4) is 0 Å². The van der Waals surface area contributed by atoms with Gasteiger partial charge in [0.15, 0.2) is 0 Å². The van der Waals surface area contributed by atoms with E-state index in [1.807, 2.05) is 11.8 Å². The van der Waals surface area contributed by atoms with Crippen molar-refractivity contribution in [3.8, 4) is 0 Å². The van der Waals surface area contributed by atoms with Crippen molar-refractivity contribution in [1.29, 1.82) is 0 Å². The number of urea groups is 1. The van der Waals surface area contributed by atoms with Gasteiger partial charge >= 0.3 is 12.0 Å². The summed E-state index contributed by atoms with van der Waals surface area (Å²) in [5, 5.41) is 14.8. The summed E-state index contributed by atoms with van der Waals surface area (Å²) in [5.41, 5.74) is 0. The van der Waals surface area contributed by atoms with Gasteiger partial charge in [-0.25, -0.2) is 4.79 Å². The number of carboxylic acids is 1. The average Bonchev–Trinajstić information content (AvgIpc) is 2.72. The summed E-state index contributed by atoms with van der Waals surface area (Å²) >= 11 is 1.87. The third kappa shape index (κ3) is 3.91. The molecular formula is C10H16AgN2O3S. The summed E-state index contributed by atoms with van der Waals surface area (Å²) in [5.74, 6) is 0.236. The molecule has 0 aliphatic carbocycles. The second kappa shape index (κ2) is 6.68. The number of hydrogen-bond acceptors (Lipinski definition) is 3. The molecule has 7 heteroatoms. The molecule has 2 rings (SSSR count). The zero-order chi connectivity index (χ0) is 11.5. The van der Waals surface area contributed by atoms with Crippen LogP contribution in [-0.2, 0) is 27.2 Å². The van der Waals surface area contributed by atoms with E-state index >= 15 is 0 Å². The first-order chi connectivity index (χ1) is 7.66. The summed E-state index contributed by atoms with van der Waals surface area (Å²) in [6.45, 7) is 0. The third-order valence-electron chi connectivity index (χ3n) is 3.07. The van der Waals surface area contributed by atoms with Gasteiger partial charge < -0.3 is 15.7 Å². The SMILES string of the molecule is O=C(O)CCCC[C@@H]1SC[C@@H]2NC(=O)N[C@@H]21.[Ag]. The van der Waals surface area contributed by atoms with Gasteiger partial charge in [-0.3, -0.25) is 4.79 Å². The normalized spacial score (nSPS) is 30.1. The first-order valence-electron chi connectivity index (χ1n) is 5.57. The van der Waals surface area contributed by atoms with Crippen LogP contribution in [0.5, 0.6) is 0 Å². The Labute approximate surface area is 120 Å². The number of carbonyl (C=O) groups is 2. The smallest absolute Gasteiger partial charge is 0.315 e. The van der Waals surface area contributed by atoms with Crippen molar-refractivity contribution in [2.45, 2.75) is 43.0 Å². The van der Waals surface area contributed by atoms with Gasteiger partial charge in [0.1, 0.15) is 0 Å². The van der Waals surface area contributed by atoms with E-state index in [1.165, 1.54) is 0 Å². The molecule has 1 radical (unpaired) electrons. The Bertz CT molecular complexity index is 303. The molecule has 2 fully saturated rings. The topological polar surface area (TPSA) is 78.4 Å². The Morgan fingerprint density at radius 2 is 2.18 bits per heavy atom. The van der Waals surface area contributed by atoms with Crippen molar-refractivity contribution in [3.05, 3.63) is 0 Å². The maximum absolute atomic E-state index is 11.1. The maximum atomic E-state index is 11.1. The summed E-state index contributed by atoms with van der Waals surface area (Å²) < 4.78 is 0. The molecule has 2 saturated heterocycles. The number of rotatable bonds is 5. The van der Waals surface area contributed by atoms with E-state index < -0.39 is 5.97 Å². The number of unbranched alkanes of at least 4 members (excludes halogenated alkanes) is 1. The van der Waals surface area contributed by atoms with Crippen molar-refractivity contribution >= 4 is 23.8 Å². The largest absolute Gasteiger partial charge is 0.481 e. The molecule has 0 aromatic rings. The molecule has 2 aliphatic heterocycles. The predicted octanol–water partition coefficient (Wildman–Crippen LogP) is 0.794. The minimum Gasteiger partial charge on any atom is -0.481 e. The zero-order valence-electron chi connectivity index (χ0n) is 9.24. The van der Waals surface area contributed by atoms with E-state index in [4.69, 9.17) is 5.11 Å². The number of fused-ring (bicyclic) bond motifs is 1. The van der Waals surface area contributed by atoms with Crippen LogP contribution in [-0.4, -0.2) is 40.2 Å². The molecule has 101 valence electrons. The van der Waals surface area contributed by atoms with Crippen LogP contribution in [0.2, 0.25) is 0 Å². The van der Waals surface area contributed by atoms with Gasteiger partial charge in [0.05, 0.1) is 12.1 Å². The summed E-state index contributed by atoms with van der Waals surface area (Å²) in [6, 6.07) is 0.440. The van der Waals surface area contributed by atoms with Gasteiger partial charge in [0.25, 0.3) is 0 Å². The Balaban J connectivity index is 0.00000144. The van der Waals surface area contributed by atoms with Crippen molar-refractivity contribution in [2.24, 2.45) is 0 Å². The van der Waals surface area contributed by atoms with E-state index in [9.17, 15) is 9.59 Å². The van der Waals surface area contributed by atoms with Crippen molar-refractivity contribution < 1.29 is 37.1 Å². The molecule has 0 bridgehead atoms. The fourth-order valence-corrected chi connectivity index (χ4v) is 3.81. The van der Waals surface area contributed by atoms with Crippen LogP contribution >= 0.6 is 11.8 Å². The molecule has 0 spiro atoms. The standard InChI is InChI=1S/C10H16N2O3S.Ag/c13-8(14)4-2-1-3-7-9-6(5-16-7)11-10(15)12-9;/h6-7,9H,1-5H2,(H,13,14)(H2,11,12,15);/t6-,7-,9-;/m0./s1. The van der Waals surface area contributed by atoms with Crippen LogP contribution in [0.25, 0.3) is 0 Å². The first-order valence-corrected chi connectivity index (χ1v) is 6.62. The van der Waals surface area contributed by atoms with Crippen LogP contribution in [0.4, 0.5) is 4.79 Å². The van der Waals surface area contributed by atoms with E-state index in [0.717, 1.165) is 25.0 Å². The number of thioether (sulfide) groups is 1. The number of nitrogens with one attached hydrogen (secondary N) is 2. The number of carboxylic acid groups (broad SMARTS) is 1. The Hall–Kier alpha value is -0.170. The molecule has 0 saturated carbocycles. The maximum Gasteiger partial charge on any atom is 0.315 e. The second-order valence-corrected chi connectivity index (χ2v) is 5.53. The number of amides is 2. The van der Waals surface area contributed by atoms with Gasteiger partial charge in [-0.1, -0.05) is 6.42 Å². The molecule has 3 N–H and O–H groups in total. The summed E-state index contributed by atoms with van der Waals surface area (Å²) in [7, 11) is 0. The fourth-order valence-electron chi connectivity index (χ4n) is 2.26. The van der Waals surface area contributed by atoms with E-state index in [-0.39, 0.29) is 46.9 Å². The van der Waals surface area contributed by atoms with E-state index in [2.05, 4.69) is 10.6 Å². The van der Waals surface area contributed by atoms with Crippen molar-refractivity contribution in [3.63, 3.8) is 0 Å². The molecule has 2 aliphatic rings. The monoisotopic (exact) mass is 351 g/mol. The van der Waals surface area contributed by atoms with Crippen LogP contribution in [0.15, 0.2) is 0 Å². The number of carbonyl (C=O) groups excluding carboxylic acids is 1. The predicted molar refractivity (Wildman–Crippen MR) is 61.6 cm³/mol. The third-order valence-corrected chi connectivity index (χ3v) is 4.58. The first kappa shape index (κ1) is 14.9. The van der Waals surface area contributed by atoms with Gasteiger partial charge in [-0.05, 0) is 12.8 Å². The van der Waals surface area contributed by atoms with E-state index in [1.54, 1.807) is 0 Å². The Kier molecular flexibility index (Phi) is 5.85. The van der Waals surface area contributed by atoms with Crippen LogP contribution in [0.1, 0.15) is 25.7 Å². The fraction of sp³-hybridized carbons (Fsp3) is 0.800. The zero-order valence-corrected chi connectivity index (χ0v) is 11.5. The number of hydrogen-bond donors (Lipinski definition) is 3. The molecule has 0 unspecified atom stereocenters. The van der Waals surface area contributed by atoms with Gasteiger partial charge in [0.2, 0.25) is 0 Å². The van der Waals surface area contributed by atoms with Gasteiger partial charge in [0, 0.05) is 39.8 Å². The van der Waals surface area contributed by atoms with Crippen LogP contribution < -0.4 is 10.6 Å². The molecule has 5 nitrogen and oxygen atoms in total. The molecule has 2 amide bonds. The molecule has 17 heavy (non-hydrogen) atoms. The Morgan fingerprint density at radius 3 is 2.88 bits per heavy atom. The Morgan fingerprint density at radius 1 is 1.41 bits per heavy atom. The molecule has 3 atom stereocenters. The average molecular weight is 352 g/mol. The van der Waals surface area contributed by atoms with Crippen molar-refractivity contribution in [1.82, 2.24) is 10.6 Å². The molecule has 0 aromatic heterocycles.